The van der Waals surface area contributed by atoms with E-state index in [1.807, 2.05) is 46.0 Å². The molecule has 1 aromatic heterocycles. The molecule has 0 unspecified atom stereocenters. The molecule has 1 fully saturated rings. The van der Waals surface area contributed by atoms with Crippen molar-refractivity contribution in [3.8, 4) is 28.2 Å². The number of nitrogens with zero attached hydrogens (tertiary/aromatic N) is 4. The Morgan fingerprint density at radius 2 is 1.45 bits per heavy atom. The zero-order valence-electron chi connectivity index (χ0n) is 23.3. The van der Waals surface area contributed by atoms with Crippen LogP contribution < -0.4 is 0 Å². The van der Waals surface area contributed by atoms with Crippen LogP contribution in [0.5, 0.6) is 0 Å². The number of piperazine rings is 1. The fourth-order valence-electron chi connectivity index (χ4n) is 4.84. The minimum atomic E-state index is -0.968. The topological polar surface area (TPSA) is 78.7 Å². The van der Waals surface area contributed by atoms with Crippen molar-refractivity contribution in [3.63, 3.8) is 0 Å². The summed E-state index contributed by atoms with van der Waals surface area (Å²) in [5.74, 6) is -0.929. The molecule has 2 heterocycles. The number of carbonyl (C=O) groups excluding carboxylic acids is 1. The zero-order valence-corrected chi connectivity index (χ0v) is 24.2. The van der Waals surface area contributed by atoms with Crippen LogP contribution in [0, 0.1) is 0 Å². The first-order valence-electron chi connectivity index (χ1n) is 13.4. The molecule has 1 amide bonds. The number of carboxylic acid groups (broad SMARTS) is 1. The van der Waals surface area contributed by atoms with Gasteiger partial charge < -0.3 is 14.9 Å². The standard InChI is InChI=1S/C32H34N4O3S/c1-32(2,3)25-17-24(18-27(40)19-25)29-20-28(21-5-7-23(8-6-21)31(38)39)33-36(29)26-11-9-22(10-12-26)30(37)35-15-13-34(4)14-16-35/h5-12,17-20,40H,13-16H2,1-4H3,(H,38,39). The Kier molecular flexibility index (Phi) is 7.57. The normalized spacial score (nSPS) is 14.4. The van der Waals surface area contributed by atoms with Crippen molar-refractivity contribution in [1.82, 2.24) is 19.6 Å². The second kappa shape index (κ2) is 10.9. The monoisotopic (exact) mass is 554 g/mol. The highest BCUT2D eigenvalue weighted by Crippen LogP contribution is 2.34. The van der Waals surface area contributed by atoms with Crippen LogP contribution in [0.3, 0.4) is 0 Å². The molecule has 1 aliphatic heterocycles. The Hall–Kier alpha value is -3.88. The Bertz CT molecular complexity index is 1540. The molecule has 0 saturated carbocycles. The summed E-state index contributed by atoms with van der Waals surface area (Å²) in [5, 5.41) is 14.2. The summed E-state index contributed by atoms with van der Waals surface area (Å²) < 4.78 is 1.87. The van der Waals surface area contributed by atoms with Crippen LogP contribution in [0.4, 0.5) is 0 Å². The van der Waals surface area contributed by atoms with Crippen LogP contribution in [-0.2, 0) is 5.41 Å². The molecule has 8 heteroatoms. The lowest BCUT2D eigenvalue weighted by molar-refractivity contribution is 0.0662. The Balaban J connectivity index is 1.56. The van der Waals surface area contributed by atoms with Crippen LogP contribution in [0.15, 0.2) is 77.7 Å². The summed E-state index contributed by atoms with van der Waals surface area (Å²) in [5.41, 5.74) is 6.15. The molecule has 1 N–H and O–H groups in total. The van der Waals surface area contributed by atoms with E-state index in [4.69, 9.17) is 17.7 Å². The van der Waals surface area contributed by atoms with Gasteiger partial charge in [-0.15, -0.1) is 12.6 Å². The van der Waals surface area contributed by atoms with Crippen LogP contribution in [0.2, 0.25) is 0 Å². The van der Waals surface area contributed by atoms with E-state index in [1.54, 1.807) is 24.3 Å². The van der Waals surface area contributed by atoms with E-state index in [0.29, 0.717) is 11.3 Å². The zero-order chi connectivity index (χ0) is 28.6. The molecular formula is C32H34N4O3S. The van der Waals surface area contributed by atoms with E-state index < -0.39 is 5.97 Å². The maximum absolute atomic E-state index is 13.1. The molecule has 1 aliphatic rings. The molecule has 3 aromatic carbocycles. The molecule has 0 atom stereocenters. The number of benzene rings is 3. The maximum Gasteiger partial charge on any atom is 0.335 e. The summed E-state index contributed by atoms with van der Waals surface area (Å²) in [6.45, 7) is 9.70. The molecular weight excluding hydrogens is 520 g/mol. The predicted molar refractivity (Wildman–Crippen MR) is 161 cm³/mol. The fraction of sp³-hybridized carbons (Fsp3) is 0.281. The van der Waals surface area contributed by atoms with Crippen LogP contribution in [-0.4, -0.2) is 69.8 Å². The van der Waals surface area contributed by atoms with E-state index >= 15 is 0 Å². The van der Waals surface area contributed by atoms with Crippen LogP contribution in [0.1, 0.15) is 47.1 Å². The van der Waals surface area contributed by atoms with E-state index in [-0.39, 0.29) is 16.9 Å². The summed E-state index contributed by atoms with van der Waals surface area (Å²) >= 11 is 4.70. The number of aromatic carboxylic acids is 1. The van der Waals surface area contributed by atoms with Gasteiger partial charge in [0.1, 0.15) is 0 Å². The van der Waals surface area contributed by atoms with Gasteiger partial charge in [-0.2, -0.15) is 5.10 Å². The molecule has 206 valence electrons. The van der Waals surface area contributed by atoms with Crippen molar-refractivity contribution < 1.29 is 14.7 Å². The lowest BCUT2D eigenvalue weighted by Gasteiger charge is -2.32. The van der Waals surface area contributed by atoms with Gasteiger partial charge in [0.15, 0.2) is 0 Å². The van der Waals surface area contributed by atoms with E-state index in [1.165, 1.54) is 0 Å². The van der Waals surface area contributed by atoms with E-state index in [0.717, 1.165) is 59.1 Å². The van der Waals surface area contributed by atoms with Gasteiger partial charge >= 0.3 is 5.97 Å². The lowest BCUT2D eigenvalue weighted by atomic mass is 9.86. The molecule has 1 saturated heterocycles. The number of aromatic nitrogens is 2. The van der Waals surface area contributed by atoms with Crippen LogP contribution >= 0.6 is 12.6 Å². The SMILES string of the molecule is CN1CCN(C(=O)c2ccc(-n3nc(-c4ccc(C(=O)O)cc4)cc3-c3cc(S)cc(C(C)(C)C)c3)cc2)CC1. The molecule has 0 bridgehead atoms. The first-order valence-corrected chi connectivity index (χ1v) is 13.8. The molecule has 5 rings (SSSR count). The van der Waals surface area contributed by atoms with Crippen molar-refractivity contribution in [1.29, 1.82) is 0 Å². The van der Waals surface area contributed by atoms with Crippen molar-refractivity contribution in [2.24, 2.45) is 0 Å². The summed E-state index contributed by atoms with van der Waals surface area (Å²) in [7, 11) is 2.07. The average Bonchev–Trinajstić information content (AvgIpc) is 3.38. The molecule has 40 heavy (non-hydrogen) atoms. The van der Waals surface area contributed by atoms with Crippen molar-refractivity contribution >= 4 is 24.5 Å². The predicted octanol–water partition coefficient (Wildman–Crippen LogP) is 5.88. The Labute approximate surface area is 240 Å². The number of amides is 1. The van der Waals surface area contributed by atoms with Crippen LogP contribution in [0.25, 0.3) is 28.2 Å². The average molecular weight is 555 g/mol. The fourth-order valence-corrected chi connectivity index (χ4v) is 5.12. The highest BCUT2D eigenvalue weighted by molar-refractivity contribution is 7.80. The molecule has 4 aromatic rings. The number of thiol groups is 1. The largest absolute Gasteiger partial charge is 0.478 e. The van der Waals surface area contributed by atoms with Gasteiger partial charge in [-0.25, -0.2) is 9.48 Å². The summed E-state index contributed by atoms with van der Waals surface area (Å²) in [6.07, 6.45) is 0. The second-order valence-electron chi connectivity index (χ2n) is 11.4. The quantitative estimate of drug-likeness (QED) is 0.301. The number of hydrogen-bond acceptors (Lipinski definition) is 5. The first-order chi connectivity index (χ1) is 19.0. The number of rotatable bonds is 5. The maximum atomic E-state index is 13.1. The van der Waals surface area contributed by atoms with Gasteiger partial charge in [0, 0.05) is 47.8 Å². The number of hydrogen-bond donors (Lipinski definition) is 2. The smallest absolute Gasteiger partial charge is 0.335 e. The van der Waals surface area contributed by atoms with Gasteiger partial charge in [0.25, 0.3) is 5.91 Å². The number of carbonyl (C=O) groups is 2. The van der Waals surface area contributed by atoms with E-state index in [9.17, 15) is 14.7 Å². The van der Waals surface area contributed by atoms with Crippen molar-refractivity contribution in [2.45, 2.75) is 31.1 Å². The van der Waals surface area contributed by atoms with Gasteiger partial charge in [-0.1, -0.05) is 32.9 Å². The second-order valence-corrected chi connectivity index (χ2v) is 11.9. The summed E-state index contributed by atoms with van der Waals surface area (Å²) in [4.78, 5) is 29.5. The van der Waals surface area contributed by atoms with Gasteiger partial charge in [0.2, 0.25) is 0 Å². The first kappa shape index (κ1) is 27.7. The third kappa shape index (κ3) is 5.83. The van der Waals surface area contributed by atoms with Gasteiger partial charge in [-0.05, 0) is 78.7 Å². The van der Waals surface area contributed by atoms with Gasteiger partial charge in [0.05, 0.1) is 22.6 Å². The number of carboxylic acids is 1. The molecule has 0 spiro atoms. The highest BCUT2D eigenvalue weighted by atomic mass is 32.1. The summed E-state index contributed by atoms with van der Waals surface area (Å²) in [6, 6.07) is 22.5. The third-order valence-electron chi connectivity index (χ3n) is 7.37. The number of likely N-dealkylation sites (N-methyl/N-ethyl adjacent to an activating group) is 1. The third-order valence-corrected chi connectivity index (χ3v) is 7.62. The van der Waals surface area contributed by atoms with Gasteiger partial charge in [-0.3, -0.25) is 4.79 Å². The van der Waals surface area contributed by atoms with E-state index in [2.05, 4.69) is 44.9 Å². The minimum Gasteiger partial charge on any atom is -0.478 e. The highest BCUT2D eigenvalue weighted by Gasteiger charge is 2.22. The minimum absolute atomic E-state index is 0.0390. The Morgan fingerprint density at radius 3 is 2.05 bits per heavy atom. The van der Waals surface area contributed by atoms with Crippen molar-refractivity contribution in [3.05, 3.63) is 89.5 Å². The molecule has 7 nitrogen and oxygen atoms in total. The Morgan fingerprint density at radius 1 is 0.825 bits per heavy atom. The van der Waals surface area contributed by atoms with Crippen molar-refractivity contribution in [2.75, 3.05) is 33.2 Å². The lowest BCUT2D eigenvalue weighted by Crippen LogP contribution is -2.47. The molecule has 0 aliphatic carbocycles. The molecule has 0 radical (unpaired) electrons.